The predicted octanol–water partition coefficient (Wildman–Crippen LogP) is 3.84. The molecule has 0 atom stereocenters. The number of carbonyl (C=O) groups is 1. The molecule has 4 rings (SSSR count). The van der Waals surface area contributed by atoms with Gasteiger partial charge in [-0.3, -0.25) is 4.79 Å². The second-order valence-electron chi connectivity index (χ2n) is 5.99. The quantitative estimate of drug-likeness (QED) is 0.521. The van der Waals surface area contributed by atoms with E-state index in [0.717, 1.165) is 15.6 Å². The van der Waals surface area contributed by atoms with Crippen molar-refractivity contribution in [1.82, 2.24) is 19.6 Å². The Morgan fingerprint density at radius 1 is 1.14 bits per heavy atom. The molecule has 1 N–H and O–H groups in total. The van der Waals surface area contributed by atoms with Crippen molar-refractivity contribution in [2.75, 3.05) is 12.4 Å². The fourth-order valence-electron chi connectivity index (χ4n) is 2.70. The maximum atomic E-state index is 12.7. The Morgan fingerprint density at radius 3 is 2.86 bits per heavy atom. The first-order valence-corrected chi connectivity index (χ1v) is 9.35. The number of methoxy groups -OCH3 is 1. The monoisotopic (exact) mass is 391 g/mol. The summed E-state index contributed by atoms with van der Waals surface area (Å²) in [4.78, 5) is 22.1. The highest BCUT2D eigenvalue weighted by atomic mass is 32.2. The number of amides is 1. The molecule has 140 valence electrons. The number of nitrogens with zero attached hydrogens (tertiary/aromatic N) is 4. The van der Waals surface area contributed by atoms with E-state index < -0.39 is 0 Å². The van der Waals surface area contributed by atoms with Crippen molar-refractivity contribution in [2.45, 2.75) is 16.8 Å². The zero-order chi connectivity index (χ0) is 19.5. The fraction of sp³-hybridized carbons (Fsp3) is 0.100. The topological polar surface area (TPSA) is 81.4 Å². The molecule has 0 bridgehead atoms. The van der Waals surface area contributed by atoms with Gasteiger partial charge in [-0.2, -0.15) is 14.6 Å². The van der Waals surface area contributed by atoms with Gasteiger partial charge in [0.05, 0.1) is 12.8 Å². The number of aromatic nitrogens is 4. The van der Waals surface area contributed by atoms with Gasteiger partial charge in [-0.05, 0) is 43.3 Å². The molecule has 0 saturated carbocycles. The van der Waals surface area contributed by atoms with E-state index in [2.05, 4.69) is 20.4 Å². The summed E-state index contributed by atoms with van der Waals surface area (Å²) in [6.45, 7) is 1.91. The van der Waals surface area contributed by atoms with Gasteiger partial charge in [0.15, 0.2) is 0 Å². The standard InChI is InChI=1S/C20H17N5O2S/c1-13-10-18(25-20(23-13)21-12-22-25)28-17-9-4-3-8-16(17)24-19(26)14-6-5-7-15(11-14)27-2/h3-12H,1-2H3,(H,24,26). The number of hydrogen-bond donors (Lipinski definition) is 1. The smallest absolute Gasteiger partial charge is 0.255 e. The highest BCUT2D eigenvalue weighted by Crippen LogP contribution is 2.33. The average Bonchev–Trinajstić information content (AvgIpc) is 3.18. The van der Waals surface area contributed by atoms with Crippen LogP contribution in [-0.4, -0.2) is 32.6 Å². The minimum absolute atomic E-state index is 0.205. The average molecular weight is 391 g/mol. The Balaban J connectivity index is 1.63. The second-order valence-corrected chi connectivity index (χ2v) is 7.05. The van der Waals surface area contributed by atoms with Gasteiger partial charge in [0.25, 0.3) is 11.7 Å². The number of hydrogen-bond acceptors (Lipinski definition) is 6. The molecule has 0 fully saturated rings. The van der Waals surface area contributed by atoms with Crippen LogP contribution in [0.25, 0.3) is 5.78 Å². The van der Waals surface area contributed by atoms with Crippen molar-refractivity contribution >= 4 is 29.1 Å². The third-order valence-electron chi connectivity index (χ3n) is 4.03. The molecular formula is C20H17N5O2S. The molecule has 0 unspecified atom stereocenters. The fourth-order valence-corrected chi connectivity index (χ4v) is 3.75. The normalized spacial score (nSPS) is 10.8. The van der Waals surface area contributed by atoms with E-state index in [1.165, 1.54) is 18.1 Å². The maximum absolute atomic E-state index is 12.7. The summed E-state index contributed by atoms with van der Waals surface area (Å²) in [6.07, 6.45) is 1.47. The molecule has 28 heavy (non-hydrogen) atoms. The highest BCUT2D eigenvalue weighted by molar-refractivity contribution is 7.99. The summed E-state index contributed by atoms with van der Waals surface area (Å²) < 4.78 is 6.88. The van der Waals surface area contributed by atoms with E-state index in [1.54, 1.807) is 35.9 Å². The summed E-state index contributed by atoms with van der Waals surface area (Å²) in [5.74, 6) is 0.973. The van der Waals surface area contributed by atoms with Crippen LogP contribution in [0.15, 0.2) is 70.8 Å². The largest absolute Gasteiger partial charge is 0.497 e. The first-order chi connectivity index (χ1) is 13.6. The van der Waals surface area contributed by atoms with E-state index >= 15 is 0 Å². The summed E-state index contributed by atoms with van der Waals surface area (Å²) in [6, 6.07) is 16.6. The summed E-state index contributed by atoms with van der Waals surface area (Å²) in [5.41, 5.74) is 2.08. The van der Waals surface area contributed by atoms with Crippen LogP contribution < -0.4 is 10.1 Å². The van der Waals surface area contributed by atoms with E-state index in [-0.39, 0.29) is 5.91 Å². The van der Waals surface area contributed by atoms with Crippen LogP contribution in [-0.2, 0) is 0 Å². The zero-order valence-electron chi connectivity index (χ0n) is 15.3. The Kier molecular flexibility index (Phi) is 4.94. The van der Waals surface area contributed by atoms with Crippen LogP contribution in [0.4, 0.5) is 5.69 Å². The number of carbonyl (C=O) groups excluding carboxylic acids is 1. The van der Waals surface area contributed by atoms with Gasteiger partial charge in [-0.15, -0.1) is 0 Å². The van der Waals surface area contributed by atoms with E-state index in [4.69, 9.17) is 4.74 Å². The van der Waals surface area contributed by atoms with Crippen LogP contribution in [0.2, 0.25) is 0 Å². The van der Waals surface area contributed by atoms with E-state index in [1.807, 2.05) is 37.3 Å². The lowest BCUT2D eigenvalue weighted by Crippen LogP contribution is -2.12. The van der Waals surface area contributed by atoms with Crippen molar-refractivity contribution in [3.05, 3.63) is 72.2 Å². The third kappa shape index (κ3) is 3.67. The van der Waals surface area contributed by atoms with Crippen LogP contribution in [0.3, 0.4) is 0 Å². The molecule has 4 aromatic rings. The van der Waals surface area contributed by atoms with Crippen LogP contribution in [0.1, 0.15) is 16.1 Å². The van der Waals surface area contributed by atoms with Crippen molar-refractivity contribution in [3.8, 4) is 5.75 Å². The summed E-state index contributed by atoms with van der Waals surface area (Å²) in [7, 11) is 1.57. The molecule has 2 heterocycles. The van der Waals surface area contributed by atoms with Crippen LogP contribution >= 0.6 is 11.8 Å². The van der Waals surface area contributed by atoms with E-state index in [0.29, 0.717) is 22.8 Å². The van der Waals surface area contributed by atoms with Crippen molar-refractivity contribution in [2.24, 2.45) is 0 Å². The van der Waals surface area contributed by atoms with Gasteiger partial charge < -0.3 is 10.1 Å². The molecule has 0 aliphatic heterocycles. The number of aryl methyl sites for hydroxylation is 1. The minimum atomic E-state index is -0.205. The van der Waals surface area contributed by atoms with E-state index in [9.17, 15) is 4.79 Å². The van der Waals surface area contributed by atoms with Gasteiger partial charge in [-0.1, -0.05) is 30.0 Å². The molecule has 0 spiro atoms. The highest BCUT2D eigenvalue weighted by Gasteiger charge is 2.13. The second kappa shape index (κ2) is 7.69. The number of ether oxygens (including phenoxy) is 1. The third-order valence-corrected chi connectivity index (χ3v) is 5.10. The molecule has 8 heteroatoms. The SMILES string of the molecule is COc1cccc(C(=O)Nc2ccccc2Sc2cc(C)nc3ncnn23)c1. The molecule has 0 saturated heterocycles. The molecular weight excluding hydrogens is 374 g/mol. The van der Waals surface area contributed by atoms with Gasteiger partial charge in [0.1, 0.15) is 17.1 Å². The number of fused-ring (bicyclic) bond motifs is 1. The minimum Gasteiger partial charge on any atom is -0.497 e. The number of anilines is 1. The first kappa shape index (κ1) is 18.0. The molecule has 0 radical (unpaired) electrons. The number of para-hydroxylation sites is 1. The number of benzene rings is 2. The Morgan fingerprint density at radius 2 is 2.00 bits per heavy atom. The Bertz CT molecular complexity index is 1160. The number of rotatable bonds is 5. The van der Waals surface area contributed by atoms with Crippen LogP contribution in [0, 0.1) is 6.92 Å². The molecule has 7 nitrogen and oxygen atoms in total. The van der Waals surface area contributed by atoms with Gasteiger partial charge >= 0.3 is 0 Å². The maximum Gasteiger partial charge on any atom is 0.255 e. The Hall–Kier alpha value is -3.39. The van der Waals surface area contributed by atoms with Gasteiger partial charge in [-0.25, -0.2) is 4.98 Å². The van der Waals surface area contributed by atoms with Crippen molar-refractivity contribution in [1.29, 1.82) is 0 Å². The number of nitrogens with one attached hydrogen (secondary N) is 1. The summed E-state index contributed by atoms with van der Waals surface area (Å²) in [5, 5.41) is 8.08. The lowest BCUT2D eigenvalue weighted by Gasteiger charge is -2.12. The lowest BCUT2D eigenvalue weighted by molar-refractivity contribution is 0.102. The van der Waals surface area contributed by atoms with Gasteiger partial charge in [0.2, 0.25) is 0 Å². The lowest BCUT2D eigenvalue weighted by atomic mass is 10.2. The van der Waals surface area contributed by atoms with Gasteiger partial charge in [0, 0.05) is 16.2 Å². The molecule has 1 amide bonds. The van der Waals surface area contributed by atoms with Crippen molar-refractivity contribution < 1.29 is 9.53 Å². The van der Waals surface area contributed by atoms with Crippen molar-refractivity contribution in [3.63, 3.8) is 0 Å². The predicted molar refractivity (Wildman–Crippen MR) is 107 cm³/mol. The molecule has 0 aliphatic rings. The Labute approximate surface area is 165 Å². The first-order valence-electron chi connectivity index (χ1n) is 8.54. The molecule has 2 aromatic heterocycles. The summed E-state index contributed by atoms with van der Waals surface area (Å²) >= 11 is 1.49. The zero-order valence-corrected chi connectivity index (χ0v) is 16.1. The molecule has 0 aliphatic carbocycles. The van der Waals surface area contributed by atoms with Crippen LogP contribution in [0.5, 0.6) is 5.75 Å². The molecule has 2 aromatic carbocycles.